The van der Waals surface area contributed by atoms with Crippen LogP contribution in [0.15, 0.2) is 30.5 Å². The molecule has 21 heavy (non-hydrogen) atoms. The minimum atomic E-state index is 0.164. The molecule has 0 unspecified atom stereocenters. The summed E-state index contributed by atoms with van der Waals surface area (Å²) in [7, 11) is 3.60. The van der Waals surface area contributed by atoms with Crippen molar-refractivity contribution in [1.29, 1.82) is 0 Å². The van der Waals surface area contributed by atoms with Crippen LogP contribution in [-0.4, -0.2) is 36.0 Å². The van der Waals surface area contributed by atoms with Crippen LogP contribution in [0.3, 0.4) is 0 Å². The van der Waals surface area contributed by atoms with Crippen molar-refractivity contribution < 1.29 is 4.79 Å². The van der Waals surface area contributed by atoms with E-state index in [1.54, 1.807) is 19.0 Å². The summed E-state index contributed by atoms with van der Waals surface area (Å²) in [6.07, 6.45) is 3.76. The largest absolute Gasteiger partial charge is 0.349 e. The van der Waals surface area contributed by atoms with Gasteiger partial charge in [0, 0.05) is 50.7 Å². The fourth-order valence-electron chi connectivity index (χ4n) is 2.48. The van der Waals surface area contributed by atoms with Crippen LogP contribution in [-0.2, 0) is 17.9 Å². The monoisotopic (exact) mass is 287 g/mol. The van der Waals surface area contributed by atoms with Gasteiger partial charge in [-0.3, -0.25) is 4.79 Å². The Morgan fingerprint density at radius 2 is 2.10 bits per heavy atom. The van der Waals surface area contributed by atoms with Crippen LogP contribution in [0.4, 0.5) is 0 Å². The van der Waals surface area contributed by atoms with Crippen LogP contribution < -0.4 is 5.32 Å². The summed E-state index contributed by atoms with van der Waals surface area (Å²) in [5.41, 5.74) is 2.52. The Labute approximate surface area is 126 Å². The molecule has 1 amide bonds. The van der Waals surface area contributed by atoms with Gasteiger partial charge in [-0.1, -0.05) is 19.1 Å². The van der Waals surface area contributed by atoms with Gasteiger partial charge in [0.2, 0.25) is 5.91 Å². The number of benzene rings is 1. The van der Waals surface area contributed by atoms with Crippen molar-refractivity contribution in [3.8, 4) is 0 Å². The fourth-order valence-corrected chi connectivity index (χ4v) is 2.48. The fraction of sp³-hybridized carbons (Fsp3) is 0.471. The predicted molar refractivity (Wildman–Crippen MR) is 87.2 cm³/mol. The molecule has 4 heteroatoms. The van der Waals surface area contributed by atoms with Crippen LogP contribution in [0.1, 0.15) is 25.3 Å². The van der Waals surface area contributed by atoms with E-state index in [-0.39, 0.29) is 5.91 Å². The Hall–Kier alpha value is -1.81. The van der Waals surface area contributed by atoms with E-state index in [0.29, 0.717) is 6.42 Å². The van der Waals surface area contributed by atoms with Gasteiger partial charge in [-0.15, -0.1) is 0 Å². The number of nitrogens with zero attached hydrogens (tertiary/aromatic N) is 2. The average Bonchev–Trinajstić information content (AvgIpc) is 2.89. The van der Waals surface area contributed by atoms with Gasteiger partial charge in [-0.2, -0.15) is 0 Å². The second kappa shape index (κ2) is 7.27. The molecule has 1 aromatic heterocycles. The minimum absolute atomic E-state index is 0.164. The van der Waals surface area contributed by atoms with Crippen molar-refractivity contribution in [2.45, 2.75) is 32.9 Å². The number of fused-ring (bicyclic) bond motifs is 1. The molecule has 0 saturated carbocycles. The van der Waals surface area contributed by atoms with E-state index in [1.165, 1.54) is 16.5 Å². The number of rotatable bonds is 7. The molecule has 4 nitrogen and oxygen atoms in total. The lowest BCUT2D eigenvalue weighted by molar-refractivity contribution is -0.128. The van der Waals surface area contributed by atoms with Gasteiger partial charge in [0.1, 0.15) is 0 Å². The first-order valence-electron chi connectivity index (χ1n) is 7.61. The van der Waals surface area contributed by atoms with Crippen molar-refractivity contribution >= 4 is 16.8 Å². The molecule has 0 radical (unpaired) electrons. The Morgan fingerprint density at radius 3 is 2.81 bits per heavy atom. The van der Waals surface area contributed by atoms with Crippen LogP contribution >= 0.6 is 0 Å². The van der Waals surface area contributed by atoms with Crippen LogP contribution in [0.25, 0.3) is 10.9 Å². The number of aromatic nitrogens is 1. The molecule has 0 aliphatic carbocycles. The summed E-state index contributed by atoms with van der Waals surface area (Å²) < 4.78 is 2.17. The Morgan fingerprint density at radius 1 is 1.29 bits per heavy atom. The third kappa shape index (κ3) is 3.85. The Bertz CT molecular complexity index is 601. The zero-order chi connectivity index (χ0) is 15.2. The predicted octanol–water partition coefficient (Wildman–Crippen LogP) is 2.62. The van der Waals surface area contributed by atoms with Crippen molar-refractivity contribution in [3.05, 3.63) is 36.0 Å². The smallest absolute Gasteiger partial charge is 0.223 e. The van der Waals surface area contributed by atoms with Gasteiger partial charge in [0.15, 0.2) is 0 Å². The Kier molecular flexibility index (Phi) is 5.39. The molecule has 2 aromatic rings. The van der Waals surface area contributed by atoms with Gasteiger partial charge >= 0.3 is 0 Å². The van der Waals surface area contributed by atoms with Gasteiger partial charge in [-0.25, -0.2) is 0 Å². The molecule has 1 N–H and O–H groups in total. The molecule has 2 rings (SSSR count). The second-order valence-corrected chi connectivity index (χ2v) is 5.57. The number of carbonyl (C=O) groups is 1. The SMILES string of the molecule is CCCNCc1cccc2c1ccn2CCC(=O)N(C)C. The molecular formula is C17H25N3O. The molecule has 0 aliphatic rings. The summed E-state index contributed by atoms with van der Waals surface area (Å²) in [6.45, 7) is 4.83. The number of carbonyl (C=O) groups excluding carboxylic acids is 1. The molecule has 114 valence electrons. The first-order valence-corrected chi connectivity index (χ1v) is 7.61. The third-order valence-electron chi connectivity index (χ3n) is 3.71. The molecule has 0 bridgehead atoms. The van der Waals surface area contributed by atoms with Crippen molar-refractivity contribution in [2.24, 2.45) is 0 Å². The maximum atomic E-state index is 11.7. The zero-order valence-corrected chi connectivity index (χ0v) is 13.2. The van der Waals surface area contributed by atoms with Gasteiger partial charge < -0.3 is 14.8 Å². The number of hydrogen-bond donors (Lipinski definition) is 1. The quantitative estimate of drug-likeness (QED) is 0.795. The van der Waals surface area contributed by atoms with Crippen molar-refractivity contribution in [3.63, 3.8) is 0 Å². The molecule has 0 aliphatic heterocycles. The van der Waals surface area contributed by atoms with Crippen LogP contribution in [0, 0.1) is 0 Å². The Balaban J connectivity index is 2.12. The van der Waals surface area contributed by atoms with Crippen molar-refractivity contribution in [1.82, 2.24) is 14.8 Å². The van der Waals surface area contributed by atoms with Gasteiger partial charge in [0.25, 0.3) is 0 Å². The van der Waals surface area contributed by atoms with Crippen LogP contribution in [0.2, 0.25) is 0 Å². The maximum absolute atomic E-state index is 11.7. The van der Waals surface area contributed by atoms with Gasteiger partial charge in [0.05, 0.1) is 0 Å². The zero-order valence-electron chi connectivity index (χ0n) is 13.2. The molecular weight excluding hydrogens is 262 g/mol. The summed E-state index contributed by atoms with van der Waals surface area (Å²) in [6, 6.07) is 8.53. The number of amides is 1. The molecule has 0 saturated heterocycles. The molecule has 0 spiro atoms. The van der Waals surface area contributed by atoms with E-state index in [2.05, 4.69) is 47.3 Å². The maximum Gasteiger partial charge on any atom is 0.223 e. The average molecular weight is 287 g/mol. The number of hydrogen-bond acceptors (Lipinski definition) is 2. The lowest BCUT2D eigenvalue weighted by Gasteiger charge is -2.11. The first-order chi connectivity index (χ1) is 10.1. The van der Waals surface area contributed by atoms with E-state index in [4.69, 9.17) is 0 Å². The normalized spacial score (nSPS) is 11.0. The number of nitrogens with one attached hydrogen (secondary N) is 1. The molecule has 0 atom stereocenters. The summed E-state index contributed by atoms with van der Waals surface area (Å²) >= 11 is 0. The standard InChI is InChI=1S/C17H25N3O/c1-4-10-18-13-14-6-5-7-16-15(14)8-11-20(16)12-9-17(21)19(2)3/h5-8,11,18H,4,9-10,12-13H2,1-3H3. The highest BCUT2D eigenvalue weighted by Gasteiger charge is 2.08. The summed E-state index contributed by atoms with van der Waals surface area (Å²) in [5.74, 6) is 0.164. The molecule has 0 fully saturated rings. The highest BCUT2D eigenvalue weighted by Crippen LogP contribution is 2.20. The lowest BCUT2D eigenvalue weighted by Crippen LogP contribution is -2.22. The van der Waals surface area contributed by atoms with Gasteiger partial charge in [-0.05, 0) is 30.7 Å². The van der Waals surface area contributed by atoms with E-state index >= 15 is 0 Å². The highest BCUT2D eigenvalue weighted by molar-refractivity contribution is 5.84. The van der Waals surface area contributed by atoms with E-state index < -0.39 is 0 Å². The lowest BCUT2D eigenvalue weighted by atomic mass is 10.1. The van der Waals surface area contributed by atoms with E-state index in [9.17, 15) is 4.79 Å². The third-order valence-corrected chi connectivity index (χ3v) is 3.71. The highest BCUT2D eigenvalue weighted by atomic mass is 16.2. The molecule has 1 aromatic carbocycles. The number of aryl methyl sites for hydroxylation is 1. The van der Waals surface area contributed by atoms with Crippen molar-refractivity contribution in [2.75, 3.05) is 20.6 Å². The van der Waals surface area contributed by atoms with E-state index in [1.807, 2.05) is 0 Å². The topological polar surface area (TPSA) is 37.3 Å². The summed E-state index contributed by atoms with van der Waals surface area (Å²) in [5, 5.41) is 4.72. The second-order valence-electron chi connectivity index (χ2n) is 5.57. The minimum Gasteiger partial charge on any atom is -0.349 e. The van der Waals surface area contributed by atoms with E-state index in [0.717, 1.165) is 26.1 Å². The summed E-state index contributed by atoms with van der Waals surface area (Å²) in [4.78, 5) is 13.4. The first kappa shape index (κ1) is 15.6. The van der Waals surface area contributed by atoms with Crippen LogP contribution in [0.5, 0.6) is 0 Å². The molecule has 1 heterocycles.